The maximum Gasteiger partial charge on any atom is 0.0158 e. The fraction of sp³-hybridized carbons (Fsp3) is 1.00. The Morgan fingerprint density at radius 1 is 0.308 bits per heavy atom. The summed E-state index contributed by atoms with van der Waals surface area (Å²) >= 11 is 0. The summed E-state index contributed by atoms with van der Waals surface area (Å²) in [7, 11) is 0. The maximum absolute atomic E-state index is 2.95. The lowest BCUT2D eigenvalue weighted by Gasteiger charge is -2.49. The topological polar surface area (TPSA) is 3.24 Å². The second-order valence-corrected chi connectivity index (χ2v) is 14.4. The zero-order chi connectivity index (χ0) is 29.1. The van der Waals surface area contributed by atoms with Crippen molar-refractivity contribution in [1.82, 2.24) is 4.90 Å². The van der Waals surface area contributed by atoms with Crippen LogP contribution >= 0.6 is 0 Å². The summed E-state index contributed by atoms with van der Waals surface area (Å²) in [5.41, 5.74) is 0.625. The number of hydrogen-bond donors (Lipinski definition) is 0. The van der Waals surface area contributed by atoms with Crippen molar-refractivity contribution >= 4 is 0 Å². The fourth-order valence-corrected chi connectivity index (χ4v) is 6.83. The summed E-state index contributed by atoms with van der Waals surface area (Å²) in [5.74, 6) is 0. The van der Waals surface area contributed by atoms with E-state index in [-0.39, 0.29) is 0 Å². The molecule has 0 amide bonds. The highest BCUT2D eigenvalue weighted by Crippen LogP contribution is 2.34. The molecule has 0 radical (unpaired) electrons. The van der Waals surface area contributed by atoms with Crippen molar-refractivity contribution in [1.29, 1.82) is 0 Å². The normalized spacial score (nSPS) is 12.6. The third kappa shape index (κ3) is 23.2. The van der Waals surface area contributed by atoms with Crippen molar-refractivity contribution in [3.05, 3.63) is 0 Å². The van der Waals surface area contributed by atoms with Crippen molar-refractivity contribution in [2.24, 2.45) is 0 Å². The maximum atomic E-state index is 2.95. The van der Waals surface area contributed by atoms with Crippen LogP contribution in [0, 0.1) is 0 Å². The lowest BCUT2D eigenvalue weighted by Crippen LogP contribution is -2.55. The van der Waals surface area contributed by atoms with E-state index < -0.39 is 0 Å². The zero-order valence-corrected chi connectivity index (χ0v) is 29.0. The van der Waals surface area contributed by atoms with Crippen molar-refractivity contribution < 1.29 is 0 Å². The smallest absolute Gasteiger partial charge is 0.0158 e. The van der Waals surface area contributed by atoms with Crippen LogP contribution in [0.25, 0.3) is 0 Å². The van der Waals surface area contributed by atoms with Gasteiger partial charge in [-0.05, 0) is 53.5 Å². The van der Waals surface area contributed by atoms with Crippen LogP contribution in [-0.2, 0) is 0 Å². The molecule has 0 aliphatic carbocycles. The Labute approximate surface area is 250 Å². The molecular formula is C38H79N. The van der Waals surface area contributed by atoms with E-state index in [2.05, 4.69) is 53.4 Å². The van der Waals surface area contributed by atoms with Gasteiger partial charge in [0, 0.05) is 11.1 Å². The molecule has 0 saturated heterocycles. The molecule has 0 unspecified atom stereocenters. The van der Waals surface area contributed by atoms with Gasteiger partial charge < -0.3 is 0 Å². The Morgan fingerprint density at radius 3 is 0.821 bits per heavy atom. The molecule has 1 heteroatoms. The third-order valence-electron chi connectivity index (χ3n) is 9.48. The highest BCUT2D eigenvalue weighted by Gasteiger charge is 2.36. The van der Waals surface area contributed by atoms with E-state index in [1.807, 2.05) is 0 Å². The van der Waals surface area contributed by atoms with E-state index in [0.717, 1.165) is 0 Å². The Morgan fingerprint density at radius 2 is 0.538 bits per heavy atom. The Hall–Kier alpha value is -0.0400. The van der Waals surface area contributed by atoms with E-state index in [0.29, 0.717) is 11.1 Å². The molecule has 0 saturated carbocycles. The summed E-state index contributed by atoms with van der Waals surface area (Å²) in [6.07, 6.45) is 39.9. The highest BCUT2D eigenvalue weighted by atomic mass is 15.2. The van der Waals surface area contributed by atoms with Gasteiger partial charge in [0.25, 0.3) is 0 Å². The summed E-state index contributed by atoms with van der Waals surface area (Å²) < 4.78 is 0. The van der Waals surface area contributed by atoms with Gasteiger partial charge in [0.15, 0.2) is 0 Å². The van der Waals surface area contributed by atoms with Crippen LogP contribution < -0.4 is 0 Å². The Kier molecular flexibility index (Phi) is 26.8. The second-order valence-electron chi connectivity index (χ2n) is 14.4. The van der Waals surface area contributed by atoms with Gasteiger partial charge in [-0.2, -0.15) is 0 Å². The lowest BCUT2D eigenvalue weighted by atomic mass is 9.85. The molecule has 0 spiro atoms. The largest absolute Gasteiger partial charge is 0.293 e. The second kappa shape index (κ2) is 26.8. The minimum atomic E-state index is 0.312. The molecule has 0 bridgehead atoms. The monoisotopic (exact) mass is 550 g/mol. The van der Waals surface area contributed by atoms with Gasteiger partial charge in [-0.25, -0.2) is 0 Å². The average molecular weight is 550 g/mol. The molecule has 0 aromatic rings. The van der Waals surface area contributed by atoms with Crippen LogP contribution in [-0.4, -0.2) is 22.5 Å². The first kappa shape index (κ1) is 39.0. The van der Waals surface area contributed by atoms with Gasteiger partial charge in [0.1, 0.15) is 0 Å². The summed E-state index contributed by atoms with van der Waals surface area (Å²) in [5, 5.41) is 0. The standard InChI is InChI=1S/C38H79N/c1-8-11-14-17-19-21-23-25-27-29-31-34-37(4,5)39(36-33-16-13-10-3)38(6,7)35-32-30-28-26-24-22-20-18-15-12-9-2/h8-36H2,1-7H3. The fourth-order valence-electron chi connectivity index (χ4n) is 6.83. The van der Waals surface area contributed by atoms with E-state index >= 15 is 0 Å². The molecule has 0 fully saturated rings. The van der Waals surface area contributed by atoms with Crippen molar-refractivity contribution in [2.45, 2.75) is 239 Å². The third-order valence-corrected chi connectivity index (χ3v) is 9.48. The van der Waals surface area contributed by atoms with Gasteiger partial charge in [0.05, 0.1) is 0 Å². The Bertz CT molecular complexity index is 441. The highest BCUT2D eigenvalue weighted by molar-refractivity contribution is 4.92. The number of nitrogens with zero attached hydrogens (tertiary/aromatic N) is 1. The van der Waals surface area contributed by atoms with Crippen LogP contribution in [0.15, 0.2) is 0 Å². The first-order chi connectivity index (χ1) is 18.8. The van der Waals surface area contributed by atoms with E-state index in [1.54, 1.807) is 0 Å². The number of hydrogen-bond acceptors (Lipinski definition) is 1. The summed E-state index contributed by atoms with van der Waals surface area (Å²) in [4.78, 5) is 2.95. The molecule has 0 aliphatic heterocycles. The van der Waals surface area contributed by atoms with Crippen LogP contribution in [0.5, 0.6) is 0 Å². The predicted molar refractivity (Wildman–Crippen MR) is 181 cm³/mol. The van der Waals surface area contributed by atoms with Gasteiger partial charge >= 0.3 is 0 Å². The van der Waals surface area contributed by atoms with Crippen molar-refractivity contribution in [2.75, 3.05) is 6.54 Å². The van der Waals surface area contributed by atoms with Gasteiger partial charge in [0.2, 0.25) is 0 Å². The van der Waals surface area contributed by atoms with Crippen LogP contribution in [0.2, 0.25) is 0 Å². The minimum absolute atomic E-state index is 0.312. The van der Waals surface area contributed by atoms with Crippen molar-refractivity contribution in [3.63, 3.8) is 0 Å². The SMILES string of the molecule is CCCCCCCCCCCCCC(C)(C)N(CCCCCC)C(C)(C)CCCCCCCCCCCCC. The summed E-state index contributed by atoms with van der Waals surface area (Å²) in [6.45, 7) is 18.5. The molecule has 0 aliphatic rings. The molecule has 1 nitrogen and oxygen atoms in total. The first-order valence-electron chi connectivity index (χ1n) is 18.6. The Balaban J connectivity index is 4.36. The number of unbranched alkanes of at least 4 members (excludes halogenated alkanes) is 23. The first-order valence-corrected chi connectivity index (χ1v) is 18.6. The molecule has 0 atom stereocenters. The van der Waals surface area contributed by atoms with Gasteiger partial charge in [-0.3, -0.25) is 4.90 Å². The molecule has 39 heavy (non-hydrogen) atoms. The molecule has 0 rings (SSSR count). The molecule has 0 aromatic carbocycles. The van der Waals surface area contributed by atoms with Crippen LogP contribution in [0.4, 0.5) is 0 Å². The van der Waals surface area contributed by atoms with E-state index in [4.69, 9.17) is 0 Å². The molecule has 236 valence electrons. The van der Waals surface area contributed by atoms with Gasteiger partial charge in [-0.1, -0.05) is 181 Å². The average Bonchev–Trinajstić information content (AvgIpc) is 2.90. The minimum Gasteiger partial charge on any atom is -0.293 e. The molecule has 0 aromatic heterocycles. The van der Waals surface area contributed by atoms with E-state index in [1.165, 1.54) is 186 Å². The quantitative estimate of drug-likeness (QED) is 0.0777. The van der Waals surface area contributed by atoms with E-state index in [9.17, 15) is 0 Å². The predicted octanol–water partition coefficient (Wildman–Crippen LogP) is 13.8. The van der Waals surface area contributed by atoms with Crippen molar-refractivity contribution in [3.8, 4) is 0 Å². The molecular weight excluding hydrogens is 470 g/mol. The van der Waals surface area contributed by atoms with Crippen LogP contribution in [0.1, 0.15) is 228 Å². The zero-order valence-electron chi connectivity index (χ0n) is 29.0. The van der Waals surface area contributed by atoms with Gasteiger partial charge in [-0.15, -0.1) is 0 Å². The summed E-state index contributed by atoms with van der Waals surface area (Å²) in [6, 6.07) is 0. The molecule has 0 heterocycles. The molecule has 0 N–H and O–H groups in total. The number of rotatable bonds is 31. The lowest BCUT2D eigenvalue weighted by molar-refractivity contribution is 0.00153. The van der Waals surface area contributed by atoms with Crippen LogP contribution in [0.3, 0.4) is 0 Å².